The molecule has 0 amide bonds. The normalized spacial score (nSPS) is 42.0. The van der Waals surface area contributed by atoms with Crippen molar-refractivity contribution in [2.75, 3.05) is 0 Å². The van der Waals surface area contributed by atoms with Crippen molar-refractivity contribution in [3.63, 3.8) is 0 Å². The highest BCUT2D eigenvalue weighted by atomic mass is 32.1. The van der Waals surface area contributed by atoms with E-state index in [9.17, 15) is 0 Å². The van der Waals surface area contributed by atoms with E-state index in [0.29, 0.717) is 0 Å². The van der Waals surface area contributed by atoms with Gasteiger partial charge in [0.05, 0.1) is 5.54 Å². The first kappa shape index (κ1) is 8.01. The highest BCUT2D eigenvalue weighted by Crippen LogP contribution is 2.65. The highest BCUT2D eigenvalue weighted by Gasteiger charge is 2.65. The summed E-state index contributed by atoms with van der Waals surface area (Å²) in [6.45, 7) is 2.19. The summed E-state index contributed by atoms with van der Waals surface area (Å²) in [4.78, 5) is 1.46. The van der Waals surface area contributed by atoms with Crippen LogP contribution in [0.2, 0.25) is 0 Å². The molecule has 2 aliphatic rings. The molecule has 0 spiro atoms. The molecule has 2 saturated carbocycles. The topological polar surface area (TPSA) is 26.0 Å². The van der Waals surface area contributed by atoms with Crippen molar-refractivity contribution < 1.29 is 0 Å². The van der Waals surface area contributed by atoms with Gasteiger partial charge < -0.3 is 5.73 Å². The average Bonchev–Trinajstić information content (AvgIpc) is 2.61. The predicted octanol–water partition coefficient (Wildman–Crippen LogP) is 2.64. The van der Waals surface area contributed by atoms with Crippen molar-refractivity contribution in [2.24, 2.45) is 17.6 Å². The zero-order valence-corrected chi connectivity index (χ0v) is 8.73. The van der Waals surface area contributed by atoms with Gasteiger partial charge in [-0.25, -0.2) is 0 Å². The molecule has 0 saturated heterocycles. The van der Waals surface area contributed by atoms with E-state index < -0.39 is 0 Å². The van der Waals surface area contributed by atoms with E-state index in [1.165, 1.54) is 29.7 Å². The standard InChI is InChI=1S/C11H15NS/c1-7-5-6-13-10(7)11(12)8-3-2-4-9(8)11/h5-6,8-9H,2-4,12H2,1H3. The summed E-state index contributed by atoms with van der Waals surface area (Å²) < 4.78 is 0. The molecule has 2 atom stereocenters. The van der Waals surface area contributed by atoms with Crippen LogP contribution in [-0.2, 0) is 5.54 Å². The second-order valence-electron chi connectivity index (χ2n) is 4.51. The summed E-state index contributed by atoms with van der Waals surface area (Å²) >= 11 is 1.85. The Hall–Kier alpha value is -0.340. The van der Waals surface area contributed by atoms with Crippen LogP contribution in [0.4, 0.5) is 0 Å². The molecule has 1 nitrogen and oxygen atoms in total. The third-order valence-corrected chi connectivity index (χ3v) is 5.07. The maximum Gasteiger partial charge on any atom is 0.0570 e. The Morgan fingerprint density at radius 3 is 2.69 bits per heavy atom. The predicted molar refractivity (Wildman–Crippen MR) is 55.8 cm³/mol. The first-order valence-corrected chi connectivity index (χ1v) is 5.96. The zero-order chi connectivity index (χ0) is 9.05. The van der Waals surface area contributed by atoms with Crippen molar-refractivity contribution in [3.8, 4) is 0 Å². The Balaban J connectivity index is 1.99. The first-order valence-electron chi connectivity index (χ1n) is 5.08. The minimum absolute atomic E-state index is 0.0938. The van der Waals surface area contributed by atoms with Gasteiger partial charge in [0.2, 0.25) is 0 Å². The third kappa shape index (κ3) is 0.856. The van der Waals surface area contributed by atoms with Gasteiger partial charge in [-0.2, -0.15) is 0 Å². The van der Waals surface area contributed by atoms with Gasteiger partial charge in [0, 0.05) is 4.88 Å². The number of nitrogens with two attached hydrogens (primary N) is 1. The third-order valence-electron chi connectivity index (χ3n) is 3.89. The summed E-state index contributed by atoms with van der Waals surface area (Å²) in [5.41, 5.74) is 7.97. The number of hydrogen-bond acceptors (Lipinski definition) is 2. The lowest BCUT2D eigenvalue weighted by Crippen LogP contribution is -2.25. The lowest BCUT2D eigenvalue weighted by Gasteiger charge is -2.14. The van der Waals surface area contributed by atoms with Crippen molar-refractivity contribution in [1.29, 1.82) is 0 Å². The zero-order valence-electron chi connectivity index (χ0n) is 7.92. The molecule has 2 unspecified atom stereocenters. The van der Waals surface area contributed by atoms with Crippen LogP contribution in [0.15, 0.2) is 11.4 Å². The average molecular weight is 193 g/mol. The minimum Gasteiger partial charge on any atom is -0.320 e. The molecule has 1 aromatic rings. The van der Waals surface area contributed by atoms with Gasteiger partial charge >= 0.3 is 0 Å². The second kappa shape index (κ2) is 2.37. The number of fused-ring (bicyclic) bond motifs is 1. The lowest BCUT2D eigenvalue weighted by molar-refractivity contribution is 0.533. The molecule has 13 heavy (non-hydrogen) atoms. The fraction of sp³-hybridized carbons (Fsp3) is 0.636. The lowest BCUT2D eigenvalue weighted by atomic mass is 10.0. The Morgan fingerprint density at radius 2 is 2.15 bits per heavy atom. The SMILES string of the molecule is Cc1ccsc1C1(N)C2CCCC21. The molecular formula is C11H15NS. The van der Waals surface area contributed by atoms with Crippen molar-refractivity contribution in [2.45, 2.75) is 31.7 Å². The molecule has 2 aliphatic carbocycles. The number of aryl methyl sites for hydroxylation is 1. The van der Waals surface area contributed by atoms with E-state index in [2.05, 4.69) is 18.4 Å². The fourth-order valence-corrected chi connectivity index (χ4v) is 4.32. The summed E-state index contributed by atoms with van der Waals surface area (Å²) in [6, 6.07) is 2.20. The highest BCUT2D eigenvalue weighted by molar-refractivity contribution is 7.10. The summed E-state index contributed by atoms with van der Waals surface area (Å²) in [5, 5.41) is 2.17. The fourth-order valence-electron chi connectivity index (χ4n) is 3.15. The first-order chi connectivity index (χ1) is 6.24. The minimum atomic E-state index is 0.0938. The van der Waals surface area contributed by atoms with Crippen LogP contribution in [0.3, 0.4) is 0 Å². The smallest absolute Gasteiger partial charge is 0.0570 e. The van der Waals surface area contributed by atoms with Crippen LogP contribution < -0.4 is 5.73 Å². The van der Waals surface area contributed by atoms with E-state index in [1.54, 1.807) is 0 Å². The summed E-state index contributed by atoms with van der Waals surface area (Å²) in [6.07, 6.45) is 4.12. The number of thiophene rings is 1. The van der Waals surface area contributed by atoms with Gasteiger partial charge in [-0.05, 0) is 48.6 Å². The van der Waals surface area contributed by atoms with Crippen molar-refractivity contribution in [1.82, 2.24) is 0 Å². The number of rotatable bonds is 1. The van der Waals surface area contributed by atoms with Crippen molar-refractivity contribution >= 4 is 11.3 Å². The van der Waals surface area contributed by atoms with Gasteiger partial charge in [-0.1, -0.05) is 6.42 Å². The van der Waals surface area contributed by atoms with Gasteiger partial charge in [0.15, 0.2) is 0 Å². The summed E-state index contributed by atoms with van der Waals surface area (Å²) in [5.74, 6) is 1.62. The second-order valence-corrected chi connectivity index (χ2v) is 5.43. The monoisotopic (exact) mass is 193 g/mol. The Kier molecular flexibility index (Phi) is 1.46. The van der Waals surface area contributed by atoms with Crippen LogP contribution in [0.25, 0.3) is 0 Å². The molecule has 1 aromatic heterocycles. The molecule has 1 heterocycles. The quantitative estimate of drug-likeness (QED) is 0.729. The van der Waals surface area contributed by atoms with Crippen LogP contribution in [0.1, 0.15) is 29.7 Å². The van der Waals surface area contributed by atoms with E-state index in [4.69, 9.17) is 5.73 Å². The molecule has 0 aromatic carbocycles. The maximum atomic E-state index is 6.47. The molecule has 0 radical (unpaired) electrons. The van der Waals surface area contributed by atoms with Crippen LogP contribution in [0, 0.1) is 18.8 Å². The molecule has 0 aliphatic heterocycles. The van der Waals surface area contributed by atoms with E-state index >= 15 is 0 Å². The number of hydrogen-bond donors (Lipinski definition) is 1. The maximum absolute atomic E-state index is 6.47. The molecule has 70 valence electrons. The van der Waals surface area contributed by atoms with Gasteiger partial charge in [0.1, 0.15) is 0 Å². The molecule has 3 rings (SSSR count). The Morgan fingerprint density at radius 1 is 1.46 bits per heavy atom. The Labute approximate surface area is 83.0 Å². The van der Waals surface area contributed by atoms with Crippen LogP contribution in [-0.4, -0.2) is 0 Å². The molecule has 2 heteroatoms. The van der Waals surface area contributed by atoms with Gasteiger partial charge in [0.25, 0.3) is 0 Å². The molecule has 2 fully saturated rings. The van der Waals surface area contributed by atoms with Crippen molar-refractivity contribution in [3.05, 3.63) is 21.9 Å². The van der Waals surface area contributed by atoms with E-state index in [1.807, 2.05) is 11.3 Å². The van der Waals surface area contributed by atoms with E-state index in [-0.39, 0.29) is 5.54 Å². The molecular weight excluding hydrogens is 178 g/mol. The van der Waals surface area contributed by atoms with Gasteiger partial charge in [-0.3, -0.25) is 0 Å². The largest absolute Gasteiger partial charge is 0.320 e. The van der Waals surface area contributed by atoms with Crippen LogP contribution >= 0.6 is 11.3 Å². The Bertz CT molecular complexity index is 332. The van der Waals surface area contributed by atoms with E-state index in [0.717, 1.165) is 11.8 Å². The summed E-state index contributed by atoms with van der Waals surface area (Å²) in [7, 11) is 0. The van der Waals surface area contributed by atoms with Gasteiger partial charge in [-0.15, -0.1) is 11.3 Å². The molecule has 0 bridgehead atoms. The van der Waals surface area contributed by atoms with Crippen LogP contribution in [0.5, 0.6) is 0 Å². The molecule has 2 N–H and O–H groups in total.